The molecule has 22 heavy (non-hydrogen) atoms. The van der Waals surface area contributed by atoms with E-state index in [0.717, 1.165) is 42.5 Å². The molecule has 0 unspecified atom stereocenters. The molecule has 1 aliphatic rings. The Hall–Kier alpha value is -2.14. The molecule has 1 saturated heterocycles. The van der Waals surface area contributed by atoms with E-state index in [0.29, 0.717) is 16.4 Å². The average molecular weight is 319 g/mol. The average Bonchev–Trinajstić information content (AvgIpc) is 3.17. The Kier molecular flexibility index (Phi) is 3.98. The van der Waals surface area contributed by atoms with Crippen molar-refractivity contribution in [3.05, 3.63) is 40.8 Å². The van der Waals surface area contributed by atoms with Gasteiger partial charge in [0.2, 0.25) is 0 Å². The van der Waals surface area contributed by atoms with Crippen molar-refractivity contribution in [2.75, 3.05) is 18.4 Å². The van der Waals surface area contributed by atoms with E-state index >= 15 is 0 Å². The number of aromatic nitrogens is 1. The van der Waals surface area contributed by atoms with E-state index in [2.05, 4.69) is 10.3 Å². The Morgan fingerprint density at radius 1 is 1.36 bits per heavy atom. The van der Waals surface area contributed by atoms with Gasteiger partial charge in [0.15, 0.2) is 0 Å². The molecule has 0 saturated carbocycles. The van der Waals surface area contributed by atoms with Gasteiger partial charge in [0.05, 0.1) is 21.8 Å². The number of hydrogen-bond acceptors (Lipinski definition) is 3. The number of halogens is 1. The quantitative estimate of drug-likeness (QED) is 0.761. The molecule has 0 radical (unpaired) electrons. The number of nitrogens with one attached hydrogen (secondary N) is 2. The Morgan fingerprint density at radius 3 is 2.82 bits per heavy atom. The normalized spacial score (nSPS) is 16.0. The molecule has 1 fully saturated rings. The zero-order valence-electron chi connectivity index (χ0n) is 12.4. The van der Waals surface area contributed by atoms with Crippen LogP contribution in [0, 0.1) is 0 Å². The summed E-state index contributed by atoms with van der Waals surface area (Å²) >= 11 is 6.12. The maximum Gasteiger partial charge on any atom is 0.253 e. The predicted molar refractivity (Wildman–Crippen MR) is 89.6 cm³/mol. The number of hydrogen-bond donors (Lipinski definition) is 3. The third-order valence-electron chi connectivity index (χ3n) is 4.05. The molecule has 0 atom stereocenters. The van der Waals surface area contributed by atoms with Gasteiger partial charge in [-0.25, -0.2) is 0 Å². The molecule has 116 valence electrons. The number of benzene rings is 1. The zero-order chi connectivity index (χ0) is 15.7. The number of anilines is 1. The zero-order valence-corrected chi connectivity index (χ0v) is 13.2. The summed E-state index contributed by atoms with van der Waals surface area (Å²) in [7, 11) is 0. The Balaban J connectivity index is 1.86. The molecular formula is C16H19ClN4O. The van der Waals surface area contributed by atoms with Gasteiger partial charge in [0.1, 0.15) is 5.82 Å². The Morgan fingerprint density at radius 2 is 2.09 bits per heavy atom. The minimum absolute atomic E-state index is 0.000747. The van der Waals surface area contributed by atoms with Crippen LogP contribution in [0.3, 0.4) is 0 Å². The van der Waals surface area contributed by atoms with Gasteiger partial charge in [-0.15, -0.1) is 0 Å². The van der Waals surface area contributed by atoms with Gasteiger partial charge in [-0.1, -0.05) is 23.7 Å². The molecule has 1 aromatic heterocycles. The first-order chi connectivity index (χ1) is 10.6. The predicted octanol–water partition coefficient (Wildman–Crippen LogP) is 3.05. The van der Waals surface area contributed by atoms with Crippen LogP contribution in [-0.4, -0.2) is 28.9 Å². The van der Waals surface area contributed by atoms with Crippen molar-refractivity contribution >= 4 is 34.1 Å². The lowest BCUT2D eigenvalue weighted by Gasteiger charge is -2.17. The monoisotopic (exact) mass is 318 g/mol. The second kappa shape index (κ2) is 5.93. The first-order valence-corrected chi connectivity index (χ1v) is 7.74. The molecule has 6 heteroatoms. The van der Waals surface area contributed by atoms with E-state index in [9.17, 15) is 4.79 Å². The van der Waals surface area contributed by atoms with Crippen LogP contribution in [0.5, 0.6) is 0 Å². The fraction of sp³-hybridized carbons (Fsp3) is 0.312. The number of para-hydroxylation sites is 1. The second-order valence-electron chi connectivity index (χ2n) is 5.53. The first kappa shape index (κ1) is 14.8. The molecule has 2 aromatic rings. The van der Waals surface area contributed by atoms with Crippen LogP contribution < -0.4 is 11.1 Å². The van der Waals surface area contributed by atoms with Gasteiger partial charge in [0.25, 0.3) is 5.91 Å². The number of nitrogens with two attached hydrogens (primary N) is 1. The minimum Gasteiger partial charge on any atom is -0.385 e. The van der Waals surface area contributed by atoms with Gasteiger partial charge in [-0.3, -0.25) is 4.79 Å². The Bertz CT molecular complexity index is 744. The van der Waals surface area contributed by atoms with Crippen LogP contribution in [0.2, 0.25) is 5.02 Å². The van der Waals surface area contributed by atoms with E-state index in [1.54, 1.807) is 13.1 Å². The highest BCUT2D eigenvalue weighted by molar-refractivity contribution is 6.35. The highest BCUT2D eigenvalue weighted by Crippen LogP contribution is 2.29. The summed E-state index contributed by atoms with van der Waals surface area (Å²) in [5, 5.41) is 4.70. The maximum atomic E-state index is 12.4. The van der Waals surface area contributed by atoms with Crippen molar-refractivity contribution in [2.24, 2.45) is 5.73 Å². The van der Waals surface area contributed by atoms with Crippen LogP contribution in [0.4, 0.5) is 5.69 Å². The Labute approximate surface area is 134 Å². The van der Waals surface area contributed by atoms with Gasteiger partial charge in [-0.2, -0.15) is 0 Å². The van der Waals surface area contributed by atoms with E-state index < -0.39 is 0 Å². The van der Waals surface area contributed by atoms with Gasteiger partial charge in [0, 0.05) is 24.7 Å². The first-order valence-electron chi connectivity index (χ1n) is 7.36. The highest BCUT2D eigenvalue weighted by atomic mass is 35.5. The molecule has 5 nitrogen and oxygen atoms in total. The number of aromatic amines is 1. The molecule has 4 N–H and O–H groups in total. The van der Waals surface area contributed by atoms with E-state index in [4.69, 9.17) is 17.3 Å². The van der Waals surface area contributed by atoms with Gasteiger partial charge in [-0.05, 0) is 25.8 Å². The van der Waals surface area contributed by atoms with E-state index in [-0.39, 0.29) is 5.91 Å². The number of likely N-dealkylation sites (tertiary alicyclic amines) is 1. The van der Waals surface area contributed by atoms with Crippen LogP contribution in [0.1, 0.15) is 19.8 Å². The van der Waals surface area contributed by atoms with Crippen molar-refractivity contribution in [3.63, 3.8) is 0 Å². The third kappa shape index (κ3) is 2.64. The fourth-order valence-corrected chi connectivity index (χ4v) is 2.95. The van der Waals surface area contributed by atoms with Crippen molar-refractivity contribution in [3.8, 4) is 0 Å². The standard InChI is InChI=1S/C16H19ClN4O/c1-10(16(22)21-7-2-3-8-21)15(18)20-13-6-4-5-11-12(17)9-19-14(11)13/h4-6,9,19-20H,2-3,7-8,18H2,1H3/b15-10+. The summed E-state index contributed by atoms with van der Waals surface area (Å²) in [4.78, 5) is 17.3. The van der Waals surface area contributed by atoms with Crippen LogP contribution in [0.25, 0.3) is 10.9 Å². The summed E-state index contributed by atoms with van der Waals surface area (Å²) < 4.78 is 0. The summed E-state index contributed by atoms with van der Waals surface area (Å²) in [5.41, 5.74) is 8.30. The number of H-pyrrole nitrogens is 1. The minimum atomic E-state index is -0.000747. The summed E-state index contributed by atoms with van der Waals surface area (Å²) in [6.45, 7) is 3.38. The smallest absolute Gasteiger partial charge is 0.253 e. The largest absolute Gasteiger partial charge is 0.385 e. The lowest BCUT2D eigenvalue weighted by Crippen LogP contribution is -2.30. The molecule has 3 rings (SSSR count). The number of carbonyl (C=O) groups is 1. The number of rotatable bonds is 3. The lowest BCUT2D eigenvalue weighted by atomic mass is 10.2. The van der Waals surface area contributed by atoms with Crippen molar-refractivity contribution in [1.29, 1.82) is 0 Å². The van der Waals surface area contributed by atoms with Gasteiger partial charge < -0.3 is 20.9 Å². The second-order valence-corrected chi connectivity index (χ2v) is 5.93. The van der Waals surface area contributed by atoms with E-state index in [1.807, 2.05) is 23.1 Å². The van der Waals surface area contributed by atoms with Crippen LogP contribution in [0.15, 0.2) is 35.8 Å². The summed E-state index contributed by atoms with van der Waals surface area (Å²) in [5.74, 6) is 0.370. The molecule has 0 aliphatic carbocycles. The molecule has 1 amide bonds. The number of amides is 1. The van der Waals surface area contributed by atoms with Crippen molar-refractivity contribution in [2.45, 2.75) is 19.8 Å². The third-order valence-corrected chi connectivity index (χ3v) is 4.37. The fourth-order valence-electron chi connectivity index (χ4n) is 2.74. The number of nitrogens with zero attached hydrogens (tertiary/aromatic N) is 1. The summed E-state index contributed by atoms with van der Waals surface area (Å²) in [6, 6.07) is 5.73. The van der Waals surface area contributed by atoms with Gasteiger partial charge >= 0.3 is 0 Å². The maximum absolute atomic E-state index is 12.4. The number of carbonyl (C=O) groups excluding carboxylic acids is 1. The number of fused-ring (bicyclic) bond motifs is 1. The molecule has 2 heterocycles. The van der Waals surface area contributed by atoms with Crippen molar-refractivity contribution in [1.82, 2.24) is 9.88 Å². The molecular weight excluding hydrogens is 300 g/mol. The molecule has 1 aromatic carbocycles. The van der Waals surface area contributed by atoms with Crippen LogP contribution >= 0.6 is 11.6 Å². The highest BCUT2D eigenvalue weighted by Gasteiger charge is 2.21. The molecule has 0 spiro atoms. The molecule has 0 bridgehead atoms. The van der Waals surface area contributed by atoms with Crippen molar-refractivity contribution < 1.29 is 4.79 Å². The molecule has 1 aliphatic heterocycles. The topological polar surface area (TPSA) is 74.2 Å². The van der Waals surface area contributed by atoms with Crippen LogP contribution in [-0.2, 0) is 4.79 Å². The SMILES string of the molecule is C/C(C(=O)N1CCCC1)=C(/N)Nc1cccc2c(Cl)c[nH]c12. The lowest BCUT2D eigenvalue weighted by molar-refractivity contribution is -0.126. The summed E-state index contributed by atoms with van der Waals surface area (Å²) in [6.07, 6.45) is 3.86. The van der Waals surface area contributed by atoms with E-state index in [1.165, 1.54) is 0 Å².